The molecule has 92 valence electrons. The molecule has 0 fully saturated rings. The molecule has 0 aliphatic heterocycles. The van der Waals surface area contributed by atoms with Gasteiger partial charge in [0.2, 0.25) is 0 Å². The maximum atomic E-state index is 13.9. The molecule has 0 spiro atoms. The molecule has 0 amide bonds. The number of rotatable bonds is 2. The van der Waals surface area contributed by atoms with E-state index < -0.39 is 11.8 Å². The predicted octanol–water partition coefficient (Wildman–Crippen LogP) is 4.15. The van der Waals surface area contributed by atoms with Crippen LogP contribution in [0.3, 0.4) is 0 Å². The molecule has 0 atom stereocenters. The van der Waals surface area contributed by atoms with Gasteiger partial charge in [-0.25, -0.2) is 9.18 Å². The van der Waals surface area contributed by atoms with E-state index in [1.165, 1.54) is 12.1 Å². The lowest BCUT2D eigenvalue weighted by Crippen LogP contribution is -1.98. The number of benzene rings is 2. The Labute approximate surface area is 109 Å². The van der Waals surface area contributed by atoms with Gasteiger partial charge in [0.25, 0.3) is 0 Å². The summed E-state index contributed by atoms with van der Waals surface area (Å²) in [6.45, 7) is 1.79. The van der Waals surface area contributed by atoms with Gasteiger partial charge in [-0.15, -0.1) is 0 Å². The molecule has 4 heteroatoms. The molecule has 2 nitrogen and oxygen atoms in total. The van der Waals surface area contributed by atoms with Gasteiger partial charge in [-0.05, 0) is 36.2 Å². The van der Waals surface area contributed by atoms with Crippen LogP contribution in [0.1, 0.15) is 15.9 Å². The lowest BCUT2D eigenvalue weighted by Gasteiger charge is -2.09. The van der Waals surface area contributed by atoms with Crippen molar-refractivity contribution in [1.82, 2.24) is 0 Å². The quantitative estimate of drug-likeness (QED) is 0.885. The highest BCUT2D eigenvalue weighted by molar-refractivity contribution is 6.31. The molecule has 0 heterocycles. The first-order chi connectivity index (χ1) is 8.50. The molecule has 0 saturated heterocycles. The van der Waals surface area contributed by atoms with Gasteiger partial charge in [-0.2, -0.15) is 0 Å². The van der Waals surface area contributed by atoms with Crippen LogP contribution in [-0.4, -0.2) is 11.1 Å². The highest BCUT2D eigenvalue weighted by atomic mass is 35.5. The number of carboxylic acids is 1. The van der Waals surface area contributed by atoms with Crippen molar-refractivity contribution in [3.05, 3.63) is 58.4 Å². The summed E-state index contributed by atoms with van der Waals surface area (Å²) in [7, 11) is 0. The van der Waals surface area contributed by atoms with Crippen LogP contribution in [0, 0.1) is 12.7 Å². The van der Waals surface area contributed by atoms with E-state index in [1.807, 2.05) is 0 Å². The maximum Gasteiger partial charge on any atom is 0.335 e. The second-order valence-electron chi connectivity index (χ2n) is 3.91. The Bertz CT molecular complexity index is 623. The highest BCUT2D eigenvalue weighted by Gasteiger charge is 2.12. The van der Waals surface area contributed by atoms with Crippen molar-refractivity contribution in [2.45, 2.75) is 6.92 Å². The van der Waals surface area contributed by atoms with Crippen LogP contribution < -0.4 is 0 Å². The van der Waals surface area contributed by atoms with E-state index in [1.54, 1.807) is 25.1 Å². The third-order valence-electron chi connectivity index (χ3n) is 2.77. The van der Waals surface area contributed by atoms with Crippen molar-refractivity contribution in [2.75, 3.05) is 0 Å². The Morgan fingerprint density at radius 2 is 1.94 bits per heavy atom. The molecule has 1 N–H and O–H groups in total. The van der Waals surface area contributed by atoms with Crippen LogP contribution in [0.15, 0.2) is 36.4 Å². The number of halogens is 2. The van der Waals surface area contributed by atoms with Crippen LogP contribution in [0.4, 0.5) is 4.39 Å². The molecule has 0 unspecified atom stereocenters. The first-order valence-electron chi connectivity index (χ1n) is 5.29. The van der Waals surface area contributed by atoms with Gasteiger partial charge in [0.15, 0.2) is 0 Å². The molecule has 0 aliphatic rings. The zero-order valence-corrected chi connectivity index (χ0v) is 10.3. The third kappa shape index (κ3) is 2.22. The summed E-state index contributed by atoms with van der Waals surface area (Å²) >= 11 is 5.98. The zero-order chi connectivity index (χ0) is 13.3. The van der Waals surface area contributed by atoms with Crippen molar-refractivity contribution < 1.29 is 14.3 Å². The second-order valence-corrected chi connectivity index (χ2v) is 4.32. The summed E-state index contributed by atoms with van der Waals surface area (Å²) < 4.78 is 13.9. The van der Waals surface area contributed by atoms with E-state index >= 15 is 0 Å². The Morgan fingerprint density at radius 1 is 1.22 bits per heavy atom. The molecular weight excluding hydrogens is 255 g/mol. The smallest absolute Gasteiger partial charge is 0.335 e. The first-order valence-corrected chi connectivity index (χ1v) is 5.67. The molecule has 0 radical (unpaired) electrons. The minimum Gasteiger partial charge on any atom is -0.478 e. The zero-order valence-electron chi connectivity index (χ0n) is 9.58. The van der Waals surface area contributed by atoms with Crippen molar-refractivity contribution >= 4 is 17.6 Å². The van der Waals surface area contributed by atoms with Crippen LogP contribution in [0.5, 0.6) is 0 Å². The monoisotopic (exact) mass is 264 g/mol. The molecule has 2 rings (SSSR count). The summed E-state index contributed by atoms with van der Waals surface area (Å²) in [6.07, 6.45) is 0. The number of aromatic carboxylic acids is 1. The molecule has 18 heavy (non-hydrogen) atoms. The molecule has 0 aromatic heterocycles. The van der Waals surface area contributed by atoms with E-state index in [-0.39, 0.29) is 5.56 Å². The van der Waals surface area contributed by atoms with Gasteiger partial charge in [0.05, 0.1) is 5.56 Å². The maximum absolute atomic E-state index is 13.9. The summed E-state index contributed by atoms with van der Waals surface area (Å²) in [5, 5.41) is 9.33. The number of hydrogen-bond donors (Lipinski definition) is 1. The molecule has 2 aromatic rings. The Morgan fingerprint density at radius 3 is 2.56 bits per heavy atom. The van der Waals surface area contributed by atoms with Crippen molar-refractivity contribution in [3.8, 4) is 11.1 Å². The fourth-order valence-corrected chi connectivity index (χ4v) is 1.94. The lowest BCUT2D eigenvalue weighted by molar-refractivity contribution is 0.0696. The van der Waals surface area contributed by atoms with E-state index in [0.29, 0.717) is 16.1 Å². The van der Waals surface area contributed by atoms with Gasteiger partial charge in [-0.3, -0.25) is 0 Å². The van der Waals surface area contributed by atoms with E-state index in [4.69, 9.17) is 16.7 Å². The first kappa shape index (κ1) is 12.6. The molecule has 0 bridgehead atoms. The van der Waals surface area contributed by atoms with Gasteiger partial charge < -0.3 is 5.11 Å². The molecule has 0 aliphatic carbocycles. The molecule has 0 saturated carbocycles. The minimum atomic E-state index is -1.15. The Hall–Kier alpha value is -1.87. The number of hydrogen-bond acceptors (Lipinski definition) is 1. The fraction of sp³-hybridized carbons (Fsp3) is 0.0714. The average Bonchev–Trinajstić information content (AvgIpc) is 2.33. The summed E-state index contributed by atoms with van der Waals surface area (Å²) in [5.41, 5.74) is 1.70. The fourth-order valence-electron chi connectivity index (χ4n) is 1.77. The van der Waals surface area contributed by atoms with E-state index in [9.17, 15) is 9.18 Å². The normalized spacial score (nSPS) is 10.4. The lowest BCUT2D eigenvalue weighted by atomic mass is 9.99. The standard InChI is InChI=1S/C14H10ClFO2/c1-8-10(3-2-4-12(8)15)11-6-5-9(14(17)18)7-13(11)16/h2-7H,1H3,(H,17,18). The van der Waals surface area contributed by atoms with Crippen LogP contribution >= 0.6 is 11.6 Å². The minimum absolute atomic E-state index is 0.0732. The summed E-state index contributed by atoms with van der Waals surface area (Å²) in [5.74, 6) is -1.72. The molecule has 2 aromatic carbocycles. The Balaban J connectivity index is 2.58. The number of carboxylic acid groups (broad SMARTS) is 1. The van der Waals surface area contributed by atoms with Crippen molar-refractivity contribution in [2.24, 2.45) is 0 Å². The topological polar surface area (TPSA) is 37.3 Å². The summed E-state index contributed by atoms with van der Waals surface area (Å²) in [6, 6.07) is 9.05. The van der Waals surface area contributed by atoms with Gasteiger partial charge in [0.1, 0.15) is 5.82 Å². The van der Waals surface area contributed by atoms with Crippen molar-refractivity contribution in [3.63, 3.8) is 0 Å². The highest BCUT2D eigenvalue weighted by Crippen LogP contribution is 2.30. The van der Waals surface area contributed by atoms with Crippen LogP contribution in [0.2, 0.25) is 5.02 Å². The SMILES string of the molecule is Cc1c(Cl)cccc1-c1ccc(C(=O)O)cc1F. The molecular formula is C14H10ClFO2. The number of carbonyl (C=O) groups is 1. The van der Waals surface area contributed by atoms with Gasteiger partial charge in [-0.1, -0.05) is 29.8 Å². The second kappa shape index (κ2) is 4.78. The average molecular weight is 265 g/mol. The summed E-state index contributed by atoms with van der Waals surface area (Å²) in [4.78, 5) is 10.7. The van der Waals surface area contributed by atoms with Gasteiger partial charge >= 0.3 is 5.97 Å². The van der Waals surface area contributed by atoms with Crippen molar-refractivity contribution in [1.29, 1.82) is 0 Å². The Kier molecular flexibility index (Phi) is 3.34. The van der Waals surface area contributed by atoms with Crippen LogP contribution in [0.25, 0.3) is 11.1 Å². The predicted molar refractivity (Wildman–Crippen MR) is 68.5 cm³/mol. The van der Waals surface area contributed by atoms with Gasteiger partial charge in [0, 0.05) is 10.6 Å². The largest absolute Gasteiger partial charge is 0.478 e. The van der Waals surface area contributed by atoms with E-state index in [2.05, 4.69) is 0 Å². The third-order valence-corrected chi connectivity index (χ3v) is 3.18. The van der Waals surface area contributed by atoms with E-state index in [0.717, 1.165) is 11.6 Å². The van der Waals surface area contributed by atoms with Crippen LogP contribution in [-0.2, 0) is 0 Å².